The fourth-order valence-corrected chi connectivity index (χ4v) is 2.52. The van der Waals surface area contributed by atoms with Gasteiger partial charge in [-0.05, 0) is 51.8 Å². The first-order chi connectivity index (χ1) is 10.9. The third-order valence-corrected chi connectivity index (χ3v) is 3.59. The Balaban J connectivity index is 1.91. The highest BCUT2D eigenvalue weighted by Gasteiger charge is 2.25. The second kappa shape index (κ2) is 7.36. The Hall–Kier alpha value is -2.22. The molecule has 1 aromatic carbocycles. The van der Waals surface area contributed by atoms with Gasteiger partial charge in [0.25, 0.3) is 0 Å². The third-order valence-electron chi connectivity index (χ3n) is 3.59. The second-order valence-electron chi connectivity index (χ2n) is 6.78. The van der Waals surface area contributed by atoms with E-state index in [0.29, 0.717) is 24.4 Å². The lowest BCUT2D eigenvalue weighted by atomic mass is 10.1. The molecule has 0 N–H and O–H groups in total. The molecule has 1 aromatic rings. The van der Waals surface area contributed by atoms with Crippen LogP contribution in [0.2, 0.25) is 0 Å². The minimum atomic E-state index is -0.475. The van der Waals surface area contributed by atoms with E-state index in [-0.39, 0.29) is 12.2 Å². The van der Waals surface area contributed by atoms with Crippen LogP contribution in [-0.4, -0.2) is 35.8 Å². The SMILES string of the molecule is CC(C)(C)OC(=O)N1CCCC(Oc2cccc(C#N)c2)CC1. The molecule has 124 valence electrons. The van der Waals surface area contributed by atoms with E-state index in [1.807, 2.05) is 32.9 Å². The van der Waals surface area contributed by atoms with Crippen molar-refractivity contribution in [3.63, 3.8) is 0 Å². The van der Waals surface area contributed by atoms with Crippen molar-refractivity contribution in [3.05, 3.63) is 29.8 Å². The van der Waals surface area contributed by atoms with Crippen molar-refractivity contribution < 1.29 is 14.3 Å². The molecule has 1 fully saturated rings. The molecule has 0 aliphatic carbocycles. The number of nitrogens with zero attached hydrogens (tertiary/aromatic N) is 2. The largest absolute Gasteiger partial charge is 0.490 e. The maximum Gasteiger partial charge on any atom is 0.410 e. The Kier molecular flexibility index (Phi) is 5.49. The van der Waals surface area contributed by atoms with Crippen LogP contribution >= 0.6 is 0 Å². The van der Waals surface area contributed by atoms with Crippen LogP contribution in [0.25, 0.3) is 0 Å². The molecule has 1 heterocycles. The van der Waals surface area contributed by atoms with E-state index >= 15 is 0 Å². The highest BCUT2D eigenvalue weighted by atomic mass is 16.6. The van der Waals surface area contributed by atoms with Gasteiger partial charge in [0.2, 0.25) is 0 Å². The molecule has 1 amide bonds. The molecule has 0 radical (unpaired) electrons. The predicted octanol–water partition coefficient (Wildman–Crippen LogP) is 3.73. The first-order valence-corrected chi connectivity index (χ1v) is 8.02. The predicted molar refractivity (Wildman–Crippen MR) is 87.2 cm³/mol. The third kappa shape index (κ3) is 5.48. The summed E-state index contributed by atoms with van der Waals surface area (Å²) < 4.78 is 11.4. The fourth-order valence-electron chi connectivity index (χ4n) is 2.52. The number of carbonyl (C=O) groups excluding carboxylic acids is 1. The summed E-state index contributed by atoms with van der Waals surface area (Å²) in [6.45, 7) is 6.93. The lowest BCUT2D eigenvalue weighted by molar-refractivity contribution is 0.0252. The van der Waals surface area contributed by atoms with Gasteiger partial charge in [-0.1, -0.05) is 6.07 Å². The first-order valence-electron chi connectivity index (χ1n) is 8.02. The van der Waals surface area contributed by atoms with Crippen molar-refractivity contribution in [3.8, 4) is 11.8 Å². The molecule has 0 aromatic heterocycles. The summed E-state index contributed by atoms with van der Waals surface area (Å²) in [5.74, 6) is 0.708. The minimum absolute atomic E-state index is 0.0522. The van der Waals surface area contributed by atoms with E-state index in [0.717, 1.165) is 19.3 Å². The Morgan fingerprint density at radius 1 is 1.30 bits per heavy atom. The van der Waals surface area contributed by atoms with Crippen LogP contribution < -0.4 is 4.74 Å². The summed E-state index contributed by atoms with van der Waals surface area (Å²) >= 11 is 0. The number of carbonyl (C=O) groups is 1. The molecule has 23 heavy (non-hydrogen) atoms. The Labute approximate surface area is 137 Å². The number of benzene rings is 1. The van der Waals surface area contributed by atoms with Crippen LogP contribution in [0, 0.1) is 11.3 Å². The maximum atomic E-state index is 12.1. The van der Waals surface area contributed by atoms with Gasteiger partial charge in [0.05, 0.1) is 11.6 Å². The zero-order valence-corrected chi connectivity index (χ0v) is 14.0. The number of likely N-dealkylation sites (tertiary alicyclic amines) is 1. The summed E-state index contributed by atoms with van der Waals surface area (Å²) in [7, 11) is 0. The number of nitriles is 1. The van der Waals surface area contributed by atoms with Crippen LogP contribution in [0.1, 0.15) is 45.6 Å². The van der Waals surface area contributed by atoms with Crippen LogP contribution in [0.3, 0.4) is 0 Å². The first kappa shape index (κ1) is 17.1. The molecule has 5 nitrogen and oxygen atoms in total. The number of ether oxygens (including phenoxy) is 2. The van der Waals surface area contributed by atoms with Gasteiger partial charge in [-0.15, -0.1) is 0 Å². The van der Waals surface area contributed by atoms with Crippen molar-refractivity contribution in [2.75, 3.05) is 13.1 Å². The topological polar surface area (TPSA) is 62.6 Å². The summed E-state index contributed by atoms with van der Waals surface area (Å²) in [5, 5.41) is 8.94. The van der Waals surface area contributed by atoms with Gasteiger partial charge < -0.3 is 14.4 Å². The van der Waals surface area contributed by atoms with Gasteiger partial charge in [-0.25, -0.2) is 4.79 Å². The Morgan fingerprint density at radius 2 is 2.09 bits per heavy atom. The lowest BCUT2D eigenvalue weighted by Gasteiger charge is -2.26. The van der Waals surface area contributed by atoms with Crippen LogP contribution in [0.15, 0.2) is 24.3 Å². The molecule has 1 unspecified atom stereocenters. The molecule has 1 atom stereocenters. The van der Waals surface area contributed by atoms with Gasteiger partial charge in [0, 0.05) is 19.5 Å². The summed E-state index contributed by atoms with van der Waals surface area (Å²) in [4.78, 5) is 13.9. The van der Waals surface area contributed by atoms with Gasteiger partial charge in [-0.2, -0.15) is 5.26 Å². The smallest absolute Gasteiger partial charge is 0.410 e. The molecule has 0 saturated carbocycles. The summed E-state index contributed by atoms with van der Waals surface area (Å²) in [6, 6.07) is 9.29. The van der Waals surface area contributed by atoms with Crippen molar-refractivity contribution in [1.82, 2.24) is 4.90 Å². The molecule has 1 saturated heterocycles. The van der Waals surface area contributed by atoms with E-state index in [2.05, 4.69) is 6.07 Å². The van der Waals surface area contributed by atoms with Gasteiger partial charge in [0.1, 0.15) is 17.5 Å². The van der Waals surface area contributed by atoms with Crippen LogP contribution in [-0.2, 0) is 4.74 Å². The van der Waals surface area contributed by atoms with Gasteiger partial charge in [-0.3, -0.25) is 0 Å². The van der Waals surface area contributed by atoms with E-state index in [1.54, 1.807) is 17.0 Å². The van der Waals surface area contributed by atoms with Crippen molar-refractivity contribution in [1.29, 1.82) is 5.26 Å². The zero-order chi connectivity index (χ0) is 16.9. The van der Waals surface area contributed by atoms with Crippen molar-refractivity contribution in [2.45, 2.75) is 51.7 Å². The summed E-state index contributed by atoms with van der Waals surface area (Å²) in [5.41, 5.74) is 0.114. The molecule has 1 aliphatic rings. The number of hydrogen-bond acceptors (Lipinski definition) is 4. The Bertz CT molecular complexity index is 587. The molecule has 0 spiro atoms. The van der Waals surface area contributed by atoms with E-state index in [9.17, 15) is 4.79 Å². The average Bonchev–Trinajstić information content (AvgIpc) is 2.71. The Morgan fingerprint density at radius 3 is 2.78 bits per heavy atom. The minimum Gasteiger partial charge on any atom is -0.490 e. The van der Waals surface area contributed by atoms with Crippen LogP contribution in [0.4, 0.5) is 4.79 Å². The normalized spacial score (nSPS) is 18.7. The second-order valence-corrected chi connectivity index (χ2v) is 6.78. The van der Waals surface area contributed by atoms with Gasteiger partial charge >= 0.3 is 6.09 Å². The lowest BCUT2D eigenvalue weighted by Crippen LogP contribution is -2.37. The highest BCUT2D eigenvalue weighted by molar-refractivity contribution is 5.68. The quantitative estimate of drug-likeness (QED) is 0.834. The molecule has 2 rings (SSSR count). The van der Waals surface area contributed by atoms with E-state index < -0.39 is 5.60 Å². The molecule has 0 bridgehead atoms. The number of hydrogen-bond donors (Lipinski definition) is 0. The highest BCUT2D eigenvalue weighted by Crippen LogP contribution is 2.21. The number of amides is 1. The zero-order valence-electron chi connectivity index (χ0n) is 14.0. The van der Waals surface area contributed by atoms with E-state index in [4.69, 9.17) is 14.7 Å². The van der Waals surface area contributed by atoms with Crippen molar-refractivity contribution >= 4 is 6.09 Å². The maximum absolute atomic E-state index is 12.1. The van der Waals surface area contributed by atoms with E-state index in [1.165, 1.54) is 0 Å². The van der Waals surface area contributed by atoms with Crippen LogP contribution in [0.5, 0.6) is 5.75 Å². The monoisotopic (exact) mass is 316 g/mol. The van der Waals surface area contributed by atoms with Gasteiger partial charge in [0.15, 0.2) is 0 Å². The molecule has 5 heteroatoms. The molecular weight excluding hydrogens is 292 g/mol. The molecular formula is C18H24N2O3. The summed E-state index contributed by atoms with van der Waals surface area (Å²) in [6.07, 6.45) is 2.31. The van der Waals surface area contributed by atoms with Crippen molar-refractivity contribution in [2.24, 2.45) is 0 Å². The number of rotatable bonds is 2. The average molecular weight is 316 g/mol. The standard InChI is InChI=1S/C18H24N2O3/c1-18(2,3)23-17(21)20-10-5-8-15(9-11-20)22-16-7-4-6-14(12-16)13-19/h4,6-7,12,15H,5,8-11H2,1-3H3. The fraction of sp³-hybridized carbons (Fsp3) is 0.556. The molecule has 1 aliphatic heterocycles.